The predicted molar refractivity (Wildman–Crippen MR) is 66.7 cm³/mol. The fraction of sp³-hybridized carbons (Fsp3) is 0.429. The van der Waals surface area contributed by atoms with Gasteiger partial charge < -0.3 is 10.2 Å². The third-order valence-corrected chi connectivity index (χ3v) is 3.86. The molecule has 1 saturated heterocycles. The van der Waals surface area contributed by atoms with Crippen molar-refractivity contribution in [3.63, 3.8) is 0 Å². The van der Waals surface area contributed by atoms with Gasteiger partial charge in [0.05, 0.1) is 6.54 Å². The van der Waals surface area contributed by atoms with E-state index in [1.807, 2.05) is 30.3 Å². The highest BCUT2D eigenvalue weighted by molar-refractivity contribution is 5.96. The van der Waals surface area contributed by atoms with E-state index in [2.05, 4.69) is 12.2 Å². The van der Waals surface area contributed by atoms with Crippen molar-refractivity contribution in [2.75, 3.05) is 6.54 Å². The molecule has 1 heterocycles. The van der Waals surface area contributed by atoms with Gasteiger partial charge in [0.25, 0.3) is 0 Å². The highest BCUT2D eigenvalue weighted by Crippen LogP contribution is 2.46. The third kappa shape index (κ3) is 1.68. The summed E-state index contributed by atoms with van der Waals surface area (Å²) in [5.74, 6) is -0.0580. The van der Waals surface area contributed by atoms with E-state index in [1.54, 1.807) is 4.90 Å². The molecule has 1 aromatic carbocycles. The van der Waals surface area contributed by atoms with Gasteiger partial charge in [-0.15, -0.1) is 0 Å². The lowest BCUT2D eigenvalue weighted by atomic mass is 9.99. The summed E-state index contributed by atoms with van der Waals surface area (Å²) in [5, 5.41) is 2.68. The molecule has 4 nitrogen and oxygen atoms in total. The van der Waals surface area contributed by atoms with Crippen LogP contribution >= 0.6 is 0 Å². The number of benzene rings is 1. The second kappa shape index (κ2) is 3.83. The lowest BCUT2D eigenvalue weighted by Crippen LogP contribution is -2.57. The molecule has 1 atom stereocenters. The summed E-state index contributed by atoms with van der Waals surface area (Å²) in [4.78, 5) is 26.0. The number of nitrogens with one attached hydrogen (secondary N) is 1. The van der Waals surface area contributed by atoms with Gasteiger partial charge in [-0.1, -0.05) is 30.3 Å². The average Bonchev–Trinajstić information content (AvgIpc) is 3.12. The van der Waals surface area contributed by atoms with Crippen molar-refractivity contribution < 1.29 is 9.59 Å². The van der Waals surface area contributed by atoms with Crippen LogP contribution in [0, 0.1) is 0 Å². The Bertz CT molecular complexity index is 494. The SMILES string of the molecule is CC1(N2C(=O)CNC(=O)C2c2ccccc2)CC1. The smallest absolute Gasteiger partial charge is 0.247 e. The van der Waals surface area contributed by atoms with Crippen LogP contribution in [-0.2, 0) is 9.59 Å². The van der Waals surface area contributed by atoms with Gasteiger partial charge >= 0.3 is 0 Å². The maximum atomic E-state index is 12.1. The van der Waals surface area contributed by atoms with Crippen LogP contribution < -0.4 is 5.32 Å². The molecule has 18 heavy (non-hydrogen) atoms. The lowest BCUT2D eigenvalue weighted by molar-refractivity contribution is -0.149. The van der Waals surface area contributed by atoms with Crippen molar-refractivity contribution >= 4 is 11.8 Å². The molecule has 2 aliphatic rings. The van der Waals surface area contributed by atoms with Gasteiger partial charge in [0.2, 0.25) is 11.8 Å². The van der Waals surface area contributed by atoms with E-state index >= 15 is 0 Å². The van der Waals surface area contributed by atoms with Gasteiger partial charge in [0.1, 0.15) is 6.04 Å². The summed E-state index contributed by atoms with van der Waals surface area (Å²) in [6.45, 7) is 2.18. The Kier molecular flexibility index (Phi) is 2.40. The quantitative estimate of drug-likeness (QED) is 0.851. The van der Waals surface area contributed by atoms with E-state index in [-0.39, 0.29) is 23.9 Å². The second-order valence-electron chi connectivity index (χ2n) is 5.29. The van der Waals surface area contributed by atoms with Gasteiger partial charge in [-0.3, -0.25) is 9.59 Å². The summed E-state index contributed by atoms with van der Waals surface area (Å²) in [7, 11) is 0. The molecule has 0 aromatic heterocycles. The zero-order valence-electron chi connectivity index (χ0n) is 10.3. The molecule has 2 fully saturated rings. The summed E-state index contributed by atoms with van der Waals surface area (Å²) in [6, 6.07) is 9.04. The van der Waals surface area contributed by atoms with E-state index in [9.17, 15) is 9.59 Å². The predicted octanol–water partition coefficient (Wildman–Crippen LogP) is 1.24. The third-order valence-electron chi connectivity index (χ3n) is 3.86. The van der Waals surface area contributed by atoms with Gasteiger partial charge in [0, 0.05) is 5.54 Å². The zero-order chi connectivity index (χ0) is 12.8. The Labute approximate surface area is 106 Å². The van der Waals surface area contributed by atoms with E-state index in [4.69, 9.17) is 0 Å². The standard InChI is InChI=1S/C14H16N2O2/c1-14(7-8-14)16-11(17)9-15-13(18)12(16)10-5-3-2-4-6-10/h2-6,12H,7-9H2,1H3,(H,15,18). The van der Waals surface area contributed by atoms with Crippen LogP contribution in [0.15, 0.2) is 30.3 Å². The topological polar surface area (TPSA) is 49.4 Å². The van der Waals surface area contributed by atoms with Crippen LogP contribution in [0.3, 0.4) is 0 Å². The summed E-state index contributed by atoms with van der Waals surface area (Å²) < 4.78 is 0. The lowest BCUT2D eigenvalue weighted by Gasteiger charge is -2.39. The molecule has 1 unspecified atom stereocenters. The minimum absolute atomic E-state index is 0.0171. The maximum Gasteiger partial charge on any atom is 0.247 e. The summed E-state index contributed by atoms with van der Waals surface area (Å²) >= 11 is 0. The fourth-order valence-corrected chi connectivity index (χ4v) is 2.58. The first kappa shape index (κ1) is 11.3. The molecule has 1 aliphatic carbocycles. The van der Waals surface area contributed by atoms with Crippen molar-refractivity contribution in [3.8, 4) is 0 Å². The van der Waals surface area contributed by atoms with Crippen molar-refractivity contribution in [3.05, 3.63) is 35.9 Å². The number of hydrogen-bond donors (Lipinski definition) is 1. The molecular formula is C14H16N2O2. The molecule has 1 aliphatic heterocycles. The Morgan fingerprint density at radius 2 is 1.89 bits per heavy atom. The van der Waals surface area contributed by atoms with E-state index < -0.39 is 6.04 Å². The monoisotopic (exact) mass is 244 g/mol. The number of hydrogen-bond acceptors (Lipinski definition) is 2. The summed E-state index contributed by atoms with van der Waals surface area (Å²) in [6.07, 6.45) is 1.96. The largest absolute Gasteiger partial charge is 0.345 e. The van der Waals surface area contributed by atoms with Crippen LogP contribution in [0.25, 0.3) is 0 Å². The minimum Gasteiger partial charge on any atom is -0.345 e. The number of carbonyl (C=O) groups excluding carboxylic acids is 2. The second-order valence-corrected chi connectivity index (χ2v) is 5.29. The van der Waals surface area contributed by atoms with Gasteiger partial charge in [-0.05, 0) is 25.3 Å². The van der Waals surface area contributed by atoms with Crippen molar-refractivity contribution in [1.29, 1.82) is 0 Å². The molecule has 2 amide bonds. The summed E-state index contributed by atoms with van der Waals surface area (Å²) in [5.41, 5.74) is 0.756. The molecule has 0 bridgehead atoms. The molecule has 1 saturated carbocycles. The Morgan fingerprint density at radius 1 is 1.22 bits per heavy atom. The van der Waals surface area contributed by atoms with E-state index in [0.717, 1.165) is 18.4 Å². The Morgan fingerprint density at radius 3 is 2.50 bits per heavy atom. The minimum atomic E-state index is -0.472. The van der Waals surface area contributed by atoms with Crippen molar-refractivity contribution in [2.45, 2.75) is 31.3 Å². The average molecular weight is 244 g/mol. The highest BCUT2D eigenvalue weighted by atomic mass is 16.2. The van der Waals surface area contributed by atoms with Crippen molar-refractivity contribution in [2.24, 2.45) is 0 Å². The number of piperazine rings is 1. The van der Waals surface area contributed by atoms with Crippen molar-refractivity contribution in [1.82, 2.24) is 10.2 Å². The molecule has 1 N–H and O–H groups in total. The van der Waals surface area contributed by atoms with E-state index in [1.165, 1.54) is 0 Å². The maximum absolute atomic E-state index is 12.1. The zero-order valence-corrected chi connectivity index (χ0v) is 10.3. The van der Waals surface area contributed by atoms with E-state index in [0.29, 0.717) is 0 Å². The first-order chi connectivity index (χ1) is 8.62. The van der Waals surface area contributed by atoms with Crippen LogP contribution in [0.4, 0.5) is 0 Å². The number of amides is 2. The first-order valence-corrected chi connectivity index (χ1v) is 6.27. The van der Waals surface area contributed by atoms with Gasteiger partial charge in [-0.25, -0.2) is 0 Å². The molecule has 0 spiro atoms. The van der Waals surface area contributed by atoms with Gasteiger partial charge in [0.15, 0.2) is 0 Å². The number of carbonyl (C=O) groups is 2. The molecule has 94 valence electrons. The first-order valence-electron chi connectivity index (χ1n) is 6.27. The Hall–Kier alpha value is -1.84. The number of nitrogens with zero attached hydrogens (tertiary/aromatic N) is 1. The highest BCUT2D eigenvalue weighted by Gasteiger charge is 2.52. The molecule has 0 radical (unpaired) electrons. The molecule has 3 rings (SSSR count). The van der Waals surface area contributed by atoms with Crippen LogP contribution in [0.1, 0.15) is 31.4 Å². The Balaban J connectivity index is 2.02. The van der Waals surface area contributed by atoms with Crippen LogP contribution in [0.2, 0.25) is 0 Å². The molecule has 1 aromatic rings. The van der Waals surface area contributed by atoms with Gasteiger partial charge in [-0.2, -0.15) is 0 Å². The number of rotatable bonds is 2. The fourth-order valence-electron chi connectivity index (χ4n) is 2.58. The normalized spacial score (nSPS) is 25.8. The van der Waals surface area contributed by atoms with Crippen LogP contribution in [-0.4, -0.2) is 28.8 Å². The van der Waals surface area contributed by atoms with Crippen LogP contribution in [0.5, 0.6) is 0 Å². The molecule has 4 heteroatoms. The molecular weight excluding hydrogens is 228 g/mol.